The molecule has 0 unspecified atom stereocenters. The number of nitrogens with zero attached hydrogens (tertiary/aromatic N) is 1. The molecule has 0 aliphatic heterocycles. The van der Waals surface area contributed by atoms with E-state index in [-0.39, 0.29) is 17.7 Å². The summed E-state index contributed by atoms with van der Waals surface area (Å²) >= 11 is 3.35. The Morgan fingerprint density at radius 3 is 2.30 bits per heavy atom. The number of hydrazone groups is 1. The number of amides is 1. The van der Waals surface area contributed by atoms with E-state index in [0.29, 0.717) is 12.1 Å². The summed E-state index contributed by atoms with van der Waals surface area (Å²) in [6.07, 6.45) is -3.32. The number of nitrogens with one attached hydrogen (secondary N) is 1. The summed E-state index contributed by atoms with van der Waals surface area (Å²) in [4.78, 5) is 11.7. The van der Waals surface area contributed by atoms with E-state index in [0.717, 1.165) is 22.2 Å². The lowest BCUT2D eigenvalue weighted by atomic mass is 10.1. The predicted octanol–water partition coefficient (Wildman–Crippen LogP) is 4.93. The topological polar surface area (TPSA) is 84.8 Å². The van der Waals surface area contributed by atoms with E-state index in [1.807, 2.05) is 6.07 Å². The lowest BCUT2D eigenvalue weighted by Crippen LogP contribution is -2.20. The van der Waals surface area contributed by atoms with Gasteiger partial charge in [-0.2, -0.15) is 26.7 Å². The maximum absolute atomic E-state index is 12.7. The second-order valence-electron chi connectivity index (χ2n) is 6.66. The molecule has 3 aromatic carbocycles. The number of hydrogen-bond acceptors (Lipinski definition) is 5. The van der Waals surface area contributed by atoms with Crippen LogP contribution in [0.15, 0.2) is 87.3 Å². The van der Waals surface area contributed by atoms with Crippen LogP contribution in [-0.2, 0) is 27.5 Å². The zero-order chi connectivity index (χ0) is 24.1. The molecule has 11 heteroatoms. The van der Waals surface area contributed by atoms with Gasteiger partial charge in [0.1, 0.15) is 4.90 Å². The maximum atomic E-state index is 12.7. The van der Waals surface area contributed by atoms with Gasteiger partial charge in [-0.3, -0.25) is 4.79 Å². The van der Waals surface area contributed by atoms with Gasteiger partial charge in [-0.15, -0.1) is 0 Å². The molecule has 6 nitrogen and oxygen atoms in total. The molecule has 0 heterocycles. The molecule has 3 rings (SSSR count). The van der Waals surface area contributed by atoms with Crippen LogP contribution in [0.2, 0.25) is 0 Å². The molecule has 33 heavy (non-hydrogen) atoms. The normalized spacial score (nSPS) is 12.0. The number of alkyl halides is 3. The smallest absolute Gasteiger partial charge is 0.378 e. The largest absolute Gasteiger partial charge is 0.416 e. The minimum absolute atomic E-state index is 0.0687. The third-order valence-corrected chi connectivity index (χ3v) is 6.31. The first-order valence-corrected chi connectivity index (χ1v) is 11.5. The van der Waals surface area contributed by atoms with Gasteiger partial charge in [-0.05, 0) is 48.0 Å². The molecule has 1 N–H and O–H groups in total. The first-order valence-electron chi connectivity index (χ1n) is 9.32. The molecular weight excluding hydrogens is 525 g/mol. The molecule has 1 amide bonds. The summed E-state index contributed by atoms with van der Waals surface area (Å²) in [7, 11) is -4.41. The van der Waals surface area contributed by atoms with Crippen molar-refractivity contribution in [1.82, 2.24) is 5.43 Å². The summed E-state index contributed by atoms with van der Waals surface area (Å²) in [5.41, 5.74) is 2.36. The quantitative estimate of drug-likeness (QED) is 0.261. The number of hydrogen-bond donors (Lipinski definition) is 1. The number of carbonyl (C=O) groups excluding carboxylic acids is 1. The minimum atomic E-state index is -4.59. The Morgan fingerprint density at radius 2 is 1.64 bits per heavy atom. The molecule has 0 aliphatic rings. The fourth-order valence-electron chi connectivity index (χ4n) is 2.67. The fraction of sp³-hybridized carbons (Fsp3) is 0.0909. The number of rotatable bonds is 7. The molecule has 0 aliphatic carbocycles. The SMILES string of the molecule is O=C(Cc1ccccc1Br)N/N=C/c1ccccc1OS(=O)(=O)c1ccc(C(F)(F)F)cc1. The summed E-state index contributed by atoms with van der Waals surface area (Å²) in [6.45, 7) is 0. The minimum Gasteiger partial charge on any atom is -0.378 e. The summed E-state index contributed by atoms with van der Waals surface area (Å²) < 4.78 is 69.0. The van der Waals surface area contributed by atoms with Gasteiger partial charge in [0, 0.05) is 10.0 Å². The first-order chi connectivity index (χ1) is 15.6. The highest BCUT2D eigenvalue weighted by atomic mass is 79.9. The lowest BCUT2D eigenvalue weighted by Gasteiger charge is -2.11. The molecule has 0 saturated heterocycles. The standard InChI is InChI=1S/C22H16BrF3N2O4S/c23-19-7-3-1-5-15(19)13-21(29)28-27-14-16-6-2-4-8-20(16)32-33(30,31)18-11-9-17(10-12-18)22(24,25)26/h1-12,14H,13H2,(H,28,29)/b27-14+. The summed E-state index contributed by atoms with van der Waals surface area (Å²) in [6, 6.07) is 16.1. The third-order valence-electron chi connectivity index (χ3n) is 4.29. The first kappa shape index (κ1) is 24.5. The van der Waals surface area contributed by atoms with E-state index < -0.39 is 32.7 Å². The van der Waals surface area contributed by atoms with E-state index in [2.05, 4.69) is 26.5 Å². The molecule has 0 spiro atoms. The van der Waals surface area contributed by atoms with Gasteiger partial charge in [0.2, 0.25) is 5.91 Å². The Morgan fingerprint density at radius 1 is 1.00 bits per heavy atom. The van der Waals surface area contributed by atoms with Crippen LogP contribution < -0.4 is 9.61 Å². The number of halogens is 4. The average molecular weight is 541 g/mol. The van der Waals surface area contributed by atoms with Crippen LogP contribution in [0.25, 0.3) is 0 Å². The zero-order valence-corrected chi connectivity index (χ0v) is 19.1. The van der Waals surface area contributed by atoms with Crippen molar-refractivity contribution in [3.8, 4) is 5.75 Å². The van der Waals surface area contributed by atoms with Crippen LogP contribution in [0, 0.1) is 0 Å². The molecule has 0 radical (unpaired) electrons. The van der Waals surface area contributed by atoms with Crippen molar-refractivity contribution in [3.63, 3.8) is 0 Å². The molecule has 0 saturated carbocycles. The molecule has 0 aromatic heterocycles. The van der Waals surface area contributed by atoms with Crippen molar-refractivity contribution in [2.24, 2.45) is 5.10 Å². The van der Waals surface area contributed by atoms with Crippen LogP contribution >= 0.6 is 15.9 Å². The molecule has 172 valence electrons. The van der Waals surface area contributed by atoms with Gasteiger partial charge in [0.25, 0.3) is 0 Å². The van der Waals surface area contributed by atoms with E-state index in [1.54, 1.807) is 24.3 Å². The monoisotopic (exact) mass is 540 g/mol. The van der Waals surface area contributed by atoms with Crippen LogP contribution in [-0.4, -0.2) is 20.5 Å². The lowest BCUT2D eigenvalue weighted by molar-refractivity contribution is -0.137. The highest BCUT2D eigenvalue weighted by molar-refractivity contribution is 9.10. The van der Waals surface area contributed by atoms with Crippen molar-refractivity contribution >= 4 is 38.2 Å². The average Bonchev–Trinajstić information content (AvgIpc) is 2.76. The molecule has 0 atom stereocenters. The van der Waals surface area contributed by atoms with Crippen LogP contribution in [0.5, 0.6) is 5.75 Å². The summed E-state index contributed by atoms with van der Waals surface area (Å²) in [5.74, 6) is -0.505. The maximum Gasteiger partial charge on any atom is 0.416 e. The number of carbonyl (C=O) groups is 1. The van der Waals surface area contributed by atoms with Gasteiger partial charge in [0.15, 0.2) is 5.75 Å². The second-order valence-corrected chi connectivity index (χ2v) is 9.06. The van der Waals surface area contributed by atoms with Gasteiger partial charge in [0.05, 0.1) is 18.2 Å². The third kappa shape index (κ3) is 6.65. The molecule has 0 bridgehead atoms. The number of para-hydroxylation sites is 1. The van der Waals surface area contributed by atoms with E-state index in [9.17, 15) is 26.4 Å². The van der Waals surface area contributed by atoms with Crippen LogP contribution in [0.1, 0.15) is 16.7 Å². The Labute approximate surface area is 196 Å². The number of benzene rings is 3. The fourth-order valence-corrected chi connectivity index (χ4v) is 4.05. The molecule has 3 aromatic rings. The Balaban J connectivity index is 1.71. The summed E-state index contributed by atoms with van der Waals surface area (Å²) in [5, 5.41) is 3.83. The van der Waals surface area contributed by atoms with Crippen LogP contribution in [0.3, 0.4) is 0 Å². The Bertz CT molecular complexity index is 1280. The highest BCUT2D eigenvalue weighted by Gasteiger charge is 2.31. The molecular formula is C22H16BrF3N2O4S. The van der Waals surface area contributed by atoms with Crippen LogP contribution in [0.4, 0.5) is 13.2 Å². The van der Waals surface area contributed by atoms with Crippen molar-refractivity contribution < 1.29 is 30.6 Å². The van der Waals surface area contributed by atoms with Gasteiger partial charge in [-0.1, -0.05) is 46.3 Å². The van der Waals surface area contributed by atoms with Crippen molar-refractivity contribution in [2.45, 2.75) is 17.5 Å². The zero-order valence-electron chi connectivity index (χ0n) is 16.7. The van der Waals surface area contributed by atoms with Crippen molar-refractivity contribution in [2.75, 3.05) is 0 Å². The Hall–Kier alpha value is -3.18. The van der Waals surface area contributed by atoms with E-state index in [1.165, 1.54) is 24.4 Å². The van der Waals surface area contributed by atoms with Crippen molar-refractivity contribution in [3.05, 3.63) is 94.0 Å². The van der Waals surface area contributed by atoms with Gasteiger partial charge >= 0.3 is 16.3 Å². The second kappa shape index (κ2) is 10.2. The van der Waals surface area contributed by atoms with Gasteiger partial charge in [-0.25, -0.2) is 5.43 Å². The van der Waals surface area contributed by atoms with E-state index >= 15 is 0 Å². The highest BCUT2D eigenvalue weighted by Crippen LogP contribution is 2.30. The van der Waals surface area contributed by atoms with E-state index in [4.69, 9.17) is 4.18 Å². The van der Waals surface area contributed by atoms with Gasteiger partial charge < -0.3 is 4.18 Å². The molecule has 0 fully saturated rings. The Kier molecular flexibility index (Phi) is 7.54. The van der Waals surface area contributed by atoms with Crippen molar-refractivity contribution in [1.29, 1.82) is 0 Å². The predicted molar refractivity (Wildman–Crippen MR) is 119 cm³/mol.